The van der Waals surface area contributed by atoms with Gasteiger partial charge in [-0.15, -0.1) is 10.2 Å². The second-order valence-electron chi connectivity index (χ2n) is 5.46. The lowest BCUT2D eigenvalue weighted by Crippen LogP contribution is -2.15. The van der Waals surface area contributed by atoms with E-state index >= 15 is 0 Å². The Hall–Kier alpha value is -1.68. The molecule has 0 atom stereocenters. The summed E-state index contributed by atoms with van der Waals surface area (Å²) in [6.07, 6.45) is 0. The van der Waals surface area contributed by atoms with E-state index in [9.17, 15) is 4.79 Å². The van der Waals surface area contributed by atoms with Crippen molar-refractivity contribution in [3.05, 3.63) is 63.3 Å². The number of nitrogens with zero attached hydrogens (tertiary/aromatic N) is 3. The average molecular weight is 512 g/mol. The average Bonchev–Trinajstić information content (AvgIpc) is 3.06. The van der Waals surface area contributed by atoms with Crippen molar-refractivity contribution >= 4 is 55.2 Å². The van der Waals surface area contributed by atoms with E-state index in [2.05, 4.69) is 47.4 Å². The van der Waals surface area contributed by atoms with Crippen molar-refractivity contribution in [3.8, 4) is 5.69 Å². The first kappa shape index (κ1) is 20.1. The summed E-state index contributed by atoms with van der Waals surface area (Å²) in [6.45, 7) is 0.334. The van der Waals surface area contributed by atoms with Crippen LogP contribution in [-0.4, -0.2) is 33.5 Å². The van der Waals surface area contributed by atoms with E-state index in [-0.39, 0.29) is 11.7 Å². The molecule has 0 spiro atoms. The molecule has 1 heterocycles. The summed E-state index contributed by atoms with van der Waals surface area (Å²) < 4.78 is 8.85. The minimum Gasteiger partial charge on any atom is -0.377 e. The number of ether oxygens (including phenoxy) is 1. The maximum Gasteiger partial charge on any atom is 0.234 e. The molecular weight excluding hydrogens is 496 g/mol. The number of hydrogen-bond acceptors (Lipinski definition) is 5. The van der Waals surface area contributed by atoms with Crippen molar-refractivity contribution < 1.29 is 9.53 Å². The van der Waals surface area contributed by atoms with Crippen LogP contribution < -0.4 is 5.32 Å². The molecule has 140 valence electrons. The van der Waals surface area contributed by atoms with Gasteiger partial charge in [0.1, 0.15) is 6.61 Å². The summed E-state index contributed by atoms with van der Waals surface area (Å²) in [6, 6.07) is 15.3. The zero-order valence-corrected chi connectivity index (χ0v) is 18.3. The molecule has 3 rings (SSSR count). The number of para-hydroxylation sites is 1. The first-order chi connectivity index (χ1) is 13.1. The smallest absolute Gasteiger partial charge is 0.234 e. The number of carbonyl (C=O) groups excluding carboxylic acids is 1. The van der Waals surface area contributed by atoms with Gasteiger partial charge in [-0.05, 0) is 46.3 Å². The van der Waals surface area contributed by atoms with Crippen molar-refractivity contribution in [3.63, 3.8) is 0 Å². The molecule has 0 aliphatic carbocycles. The molecule has 1 N–H and O–H groups in total. The molecule has 1 amide bonds. The van der Waals surface area contributed by atoms with E-state index in [0.29, 0.717) is 23.3 Å². The topological polar surface area (TPSA) is 69.0 Å². The molecule has 0 fully saturated rings. The highest BCUT2D eigenvalue weighted by Gasteiger charge is 2.16. The van der Waals surface area contributed by atoms with Crippen LogP contribution in [0.4, 0.5) is 5.69 Å². The number of anilines is 1. The molecular formula is C18H16Br2N4O2S. The maximum absolute atomic E-state index is 12.4. The molecule has 6 nitrogen and oxygen atoms in total. The summed E-state index contributed by atoms with van der Waals surface area (Å²) in [5.74, 6) is 0.765. The van der Waals surface area contributed by atoms with E-state index in [1.165, 1.54) is 11.8 Å². The van der Waals surface area contributed by atoms with Gasteiger partial charge in [0, 0.05) is 21.7 Å². The van der Waals surface area contributed by atoms with Gasteiger partial charge in [-0.1, -0.05) is 45.9 Å². The Balaban J connectivity index is 1.73. The fraction of sp³-hybridized carbons (Fsp3) is 0.167. The predicted octanol–water partition coefficient (Wildman–Crippen LogP) is 4.67. The SMILES string of the molecule is COCc1nnc(SCC(=O)Nc2ccc(Br)cc2Br)n1-c1ccccc1. The molecule has 0 bridgehead atoms. The van der Waals surface area contributed by atoms with Crippen molar-refractivity contribution in [1.29, 1.82) is 0 Å². The van der Waals surface area contributed by atoms with Crippen LogP contribution >= 0.6 is 43.6 Å². The van der Waals surface area contributed by atoms with E-state index in [4.69, 9.17) is 4.74 Å². The molecule has 0 aliphatic rings. The summed E-state index contributed by atoms with van der Waals surface area (Å²) >= 11 is 8.16. The van der Waals surface area contributed by atoms with Crippen LogP contribution in [-0.2, 0) is 16.1 Å². The Bertz CT molecular complexity index is 934. The number of thioether (sulfide) groups is 1. The third-order valence-corrected chi connectivity index (χ3v) is 5.60. The summed E-state index contributed by atoms with van der Waals surface area (Å²) in [7, 11) is 1.61. The monoisotopic (exact) mass is 510 g/mol. The van der Waals surface area contributed by atoms with Crippen molar-refractivity contribution in [2.45, 2.75) is 11.8 Å². The van der Waals surface area contributed by atoms with Crippen molar-refractivity contribution in [2.75, 3.05) is 18.2 Å². The number of carbonyl (C=O) groups is 1. The van der Waals surface area contributed by atoms with Gasteiger partial charge in [0.05, 0.1) is 11.4 Å². The predicted molar refractivity (Wildman–Crippen MR) is 113 cm³/mol. The van der Waals surface area contributed by atoms with Gasteiger partial charge in [-0.25, -0.2) is 0 Å². The highest BCUT2D eigenvalue weighted by Crippen LogP contribution is 2.27. The van der Waals surface area contributed by atoms with Crippen LogP contribution in [0.25, 0.3) is 5.69 Å². The number of methoxy groups -OCH3 is 1. The Morgan fingerprint density at radius 3 is 2.67 bits per heavy atom. The van der Waals surface area contributed by atoms with E-state index in [0.717, 1.165) is 14.6 Å². The number of halogens is 2. The number of benzene rings is 2. The van der Waals surface area contributed by atoms with Crippen LogP contribution in [0.3, 0.4) is 0 Å². The van der Waals surface area contributed by atoms with Gasteiger partial charge in [0.15, 0.2) is 11.0 Å². The summed E-state index contributed by atoms with van der Waals surface area (Å²) in [4.78, 5) is 12.4. The number of hydrogen-bond donors (Lipinski definition) is 1. The van der Waals surface area contributed by atoms with Gasteiger partial charge >= 0.3 is 0 Å². The van der Waals surface area contributed by atoms with Crippen molar-refractivity contribution in [1.82, 2.24) is 14.8 Å². The Morgan fingerprint density at radius 2 is 1.96 bits per heavy atom. The van der Waals surface area contributed by atoms with Gasteiger partial charge < -0.3 is 10.1 Å². The molecule has 3 aromatic rings. The third kappa shape index (κ3) is 5.19. The molecule has 0 radical (unpaired) electrons. The van der Waals surface area contributed by atoms with Crippen LogP contribution in [0.15, 0.2) is 62.6 Å². The molecule has 0 aliphatic heterocycles. The zero-order valence-electron chi connectivity index (χ0n) is 14.4. The highest BCUT2D eigenvalue weighted by atomic mass is 79.9. The standard InChI is InChI=1S/C18H16Br2N4O2S/c1-26-10-16-22-23-18(24(16)13-5-3-2-4-6-13)27-11-17(25)21-15-8-7-12(19)9-14(15)20/h2-9H,10-11H2,1H3,(H,21,25). The number of aromatic nitrogens is 3. The normalized spacial score (nSPS) is 10.8. The van der Waals surface area contributed by atoms with Crippen molar-refractivity contribution in [2.24, 2.45) is 0 Å². The lowest BCUT2D eigenvalue weighted by atomic mass is 10.3. The molecule has 1 aromatic heterocycles. The van der Waals surface area contributed by atoms with Crippen LogP contribution in [0.5, 0.6) is 0 Å². The molecule has 0 unspecified atom stereocenters. The van der Waals surface area contributed by atoms with Crippen LogP contribution in [0.1, 0.15) is 5.82 Å². The lowest BCUT2D eigenvalue weighted by Gasteiger charge is -2.10. The summed E-state index contributed by atoms with van der Waals surface area (Å²) in [5, 5.41) is 11.9. The first-order valence-corrected chi connectivity index (χ1v) is 10.5. The fourth-order valence-electron chi connectivity index (χ4n) is 2.36. The Morgan fingerprint density at radius 1 is 1.19 bits per heavy atom. The number of amides is 1. The van der Waals surface area contributed by atoms with Crippen LogP contribution in [0, 0.1) is 0 Å². The minimum atomic E-state index is -0.126. The highest BCUT2D eigenvalue weighted by molar-refractivity contribution is 9.11. The Labute approximate surface area is 178 Å². The van der Waals surface area contributed by atoms with E-state index < -0.39 is 0 Å². The van der Waals surface area contributed by atoms with Gasteiger partial charge in [-0.3, -0.25) is 9.36 Å². The van der Waals surface area contributed by atoms with Crippen LogP contribution in [0.2, 0.25) is 0 Å². The van der Waals surface area contributed by atoms with E-state index in [1.54, 1.807) is 7.11 Å². The lowest BCUT2D eigenvalue weighted by molar-refractivity contribution is -0.113. The zero-order chi connectivity index (χ0) is 19.2. The second-order valence-corrected chi connectivity index (χ2v) is 8.18. The Kier molecular flexibility index (Phi) is 7.06. The maximum atomic E-state index is 12.4. The van der Waals surface area contributed by atoms with Gasteiger partial charge in [-0.2, -0.15) is 0 Å². The first-order valence-electron chi connectivity index (χ1n) is 7.95. The number of rotatable bonds is 7. The van der Waals surface area contributed by atoms with E-state index in [1.807, 2.05) is 53.1 Å². The molecule has 9 heteroatoms. The van der Waals surface area contributed by atoms with Gasteiger partial charge in [0.2, 0.25) is 5.91 Å². The van der Waals surface area contributed by atoms with Gasteiger partial charge in [0.25, 0.3) is 0 Å². The summed E-state index contributed by atoms with van der Waals surface area (Å²) in [5.41, 5.74) is 1.64. The molecule has 0 saturated heterocycles. The third-order valence-electron chi connectivity index (χ3n) is 3.53. The molecule has 2 aromatic carbocycles. The largest absolute Gasteiger partial charge is 0.377 e. The quantitative estimate of drug-likeness (QED) is 0.467. The molecule has 27 heavy (non-hydrogen) atoms. The minimum absolute atomic E-state index is 0.126. The number of nitrogens with one attached hydrogen (secondary N) is 1. The fourth-order valence-corrected chi connectivity index (χ4v) is 4.28. The second kappa shape index (κ2) is 9.50. The molecule has 0 saturated carbocycles.